The summed E-state index contributed by atoms with van der Waals surface area (Å²) in [5.74, 6) is -0.170. The van der Waals surface area contributed by atoms with Gasteiger partial charge < -0.3 is 4.90 Å². The molecule has 0 radical (unpaired) electrons. The van der Waals surface area contributed by atoms with Crippen LogP contribution in [-0.2, 0) is 14.8 Å². The van der Waals surface area contributed by atoms with E-state index in [9.17, 15) is 13.2 Å². The summed E-state index contributed by atoms with van der Waals surface area (Å²) in [5.41, 5.74) is 1.20. The average molecular weight is 367 g/mol. The predicted molar refractivity (Wildman–Crippen MR) is 98.1 cm³/mol. The van der Waals surface area contributed by atoms with Crippen LogP contribution in [0.25, 0.3) is 0 Å². The first-order valence-electron chi connectivity index (χ1n) is 7.34. The Morgan fingerprint density at radius 1 is 1.04 bits per heavy atom. The van der Waals surface area contributed by atoms with Gasteiger partial charge in [0.2, 0.25) is 15.9 Å². The fourth-order valence-corrected chi connectivity index (χ4v) is 3.38. The Hall–Kier alpha value is -2.05. The van der Waals surface area contributed by atoms with Crippen LogP contribution < -0.4 is 9.21 Å². The van der Waals surface area contributed by atoms with Gasteiger partial charge in [0.1, 0.15) is 0 Å². The number of hydrogen-bond acceptors (Lipinski definition) is 3. The minimum atomic E-state index is -3.52. The number of amides is 1. The number of rotatable bonds is 6. The van der Waals surface area contributed by atoms with Gasteiger partial charge in [0, 0.05) is 30.7 Å². The number of para-hydroxylation sites is 1. The molecule has 0 unspecified atom stereocenters. The van der Waals surface area contributed by atoms with E-state index in [1.807, 2.05) is 30.3 Å². The molecule has 24 heavy (non-hydrogen) atoms. The Kier molecular flexibility index (Phi) is 5.85. The van der Waals surface area contributed by atoms with Gasteiger partial charge in [-0.15, -0.1) is 0 Å². The summed E-state index contributed by atoms with van der Waals surface area (Å²) >= 11 is 5.94. The number of halogens is 1. The van der Waals surface area contributed by atoms with Crippen LogP contribution in [0.2, 0.25) is 5.02 Å². The number of carbonyl (C=O) groups is 1. The molecule has 2 aromatic rings. The summed E-state index contributed by atoms with van der Waals surface area (Å²) < 4.78 is 25.3. The summed E-state index contributed by atoms with van der Waals surface area (Å²) in [4.78, 5) is 13.9. The predicted octanol–water partition coefficient (Wildman–Crippen LogP) is 3.16. The third-order valence-electron chi connectivity index (χ3n) is 3.54. The maximum absolute atomic E-state index is 12.4. The van der Waals surface area contributed by atoms with E-state index in [0.717, 1.165) is 11.9 Å². The molecule has 7 heteroatoms. The second kappa shape index (κ2) is 7.68. The van der Waals surface area contributed by atoms with Crippen molar-refractivity contribution in [3.05, 3.63) is 59.6 Å². The molecule has 0 bridgehead atoms. The number of nitrogens with zero attached hydrogens (tertiary/aromatic N) is 2. The highest BCUT2D eigenvalue weighted by molar-refractivity contribution is 7.92. The largest absolute Gasteiger partial charge is 0.315 e. The summed E-state index contributed by atoms with van der Waals surface area (Å²) in [6.07, 6.45) is 1.17. The fourth-order valence-electron chi connectivity index (χ4n) is 2.28. The van der Waals surface area contributed by atoms with Crippen LogP contribution in [0.4, 0.5) is 11.4 Å². The smallest absolute Gasteiger partial charge is 0.232 e. The number of anilines is 2. The van der Waals surface area contributed by atoms with Crippen LogP contribution in [0.3, 0.4) is 0 Å². The molecular formula is C17H19ClN2O3S. The quantitative estimate of drug-likeness (QED) is 0.789. The molecule has 0 aliphatic heterocycles. The van der Waals surface area contributed by atoms with Crippen molar-refractivity contribution in [3.8, 4) is 0 Å². The fraction of sp³-hybridized carbons (Fsp3) is 0.235. The van der Waals surface area contributed by atoms with Crippen LogP contribution in [0.1, 0.15) is 6.42 Å². The average Bonchev–Trinajstić information content (AvgIpc) is 2.54. The zero-order chi connectivity index (χ0) is 17.7. The van der Waals surface area contributed by atoms with Gasteiger partial charge in [0.15, 0.2) is 0 Å². The Morgan fingerprint density at radius 2 is 1.67 bits per heavy atom. The molecule has 0 fully saturated rings. The zero-order valence-electron chi connectivity index (χ0n) is 13.5. The molecule has 1 amide bonds. The molecule has 2 rings (SSSR count). The highest BCUT2D eigenvalue weighted by atomic mass is 35.5. The standard InChI is InChI=1S/C17H19ClN2O3S/c1-19(15-8-4-3-5-9-15)17(21)11-12-20(24(2,22)23)16-10-6-7-14(18)13-16/h3-10,13H,11-12H2,1-2H3. The molecule has 0 aliphatic rings. The minimum absolute atomic E-state index is 0.0508. The molecule has 0 aromatic heterocycles. The van der Waals surface area contributed by atoms with Crippen molar-refractivity contribution in [1.82, 2.24) is 0 Å². The molecule has 0 heterocycles. The number of hydrogen-bond donors (Lipinski definition) is 0. The highest BCUT2D eigenvalue weighted by Crippen LogP contribution is 2.22. The van der Waals surface area contributed by atoms with Crippen LogP contribution in [-0.4, -0.2) is 34.2 Å². The van der Waals surface area contributed by atoms with Crippen molar-refractivity contribution in [1.29, 1.82) is 0 Å². The first-order chi connectivity index (χ1) is 11.3. The molecule has 0 saturated heterocycles. The van der Waals surface area contributed by atoms with E-state index in [1.165, 1.54) is 9.21 Å². The lowest BCUT2D eigenvalue weighted by atomic mass is 10.2. The van der Waals surface area contributed by atoms with E-state index in [0.29, 0.717) is 10.7 Å². The molecule has 0 atom stereocenters. The molecule has 5 nitrogen and oxygen atoms in total. The summed E-state index contributed by atoms with van der Waals surface area (Å²) in [6, 6.07) is 15.8. The van der Waals surface area contributed by atoms with Crippen LogP contribution >= 0.6 is 11.6 Å². The van der Waals surface area contributed by atoms with Crippen molar-refractivity contribution in [2.75, 3.05) is 29.1 Å². The van der Waals surface area contributed by atoms with Crippen molar-refractivity contribution < 1.29 is 13.2 Å². The summed E-state index contributed by atoms with van der Waals surface area (Å²) in [5, 5.41) is 0.439. The van der Waals surface area contributed by atoms with Gasteiger partial charge in [-0.2, -0.15) is 0 Å². The number of carbonyl (C=O) groups excluding carboxylic acids is 1. The van der Waals surface area contributed by atoms with Crippen molar-refractivity contribution in [2.45, 2.75) is 6.42 Å². The van der Waals surface area contributed by atoms with Gasteiger partial charge in [0.05, 0.1) is 11.9 Å². The van der Waals surface area contributed by atoms with E-state index >= 15 is 0 Å². The third-order valence-corrected chi connectivity index (χ3v) is 4.97. The van der Waals surface area contributed by atoms with Crippen LogP contribution in [0.5, 0.6) is 0 Å². The molecule has 0 saturated carbocycles. The van der Waals surface area contributed by atoms with Gasteiger partial charge >= 0.3 is 0 Å². The second-order valence-corrected chi connectivity index (χ2v) is 7.70. The van der Waals surface area contributed by atoms with Crippen LogP contribution in [0, 0.1) is 0 Å². The molecule has 0 spiro atoms. The maximum atomic E-state index is 12.4. The molecule has 0 aliphatic carbocycles. The topological polar surface area (TPSA) is 57.7 Å². The number of benzene rings is 2. The van der Waals surface area contributed by atoms with Gasteiger partial charge in [-0.1, -0.05) is 35.9 Å². The Morgan fingerprint density at radius 3 is 2.25 bits per heavy atom. The molecule has 0 N–H and O–H groups in total. The lowest BCUT2D eigenvalue weighted by Gasteiger charge is -2.24. The second-order valence-electron chi connectivity index (χ2n) is 5.35. The van der Waals surface area contributed by atoms with Crippen LogP contribution in [0.15, 0.2) is 54.6 Å². The highest BCUT2D eigenvalue weighted by Gasteiger charge is 2.20. The minimum Gasteiger partial charge on any atom is -0.315 e. The van der Waals surface area contributed by atoms with Gasteiger partial charge in [-0.3, -0.25) is 9.10 Å². The summed E-state index contributed by atoms with van der Waals surface area (Å²) in [7, 11) is -1.85. The molecule has 2 aromatic carbocycles. The Labute approximate surface area is 147 Å². The van der Waals surface area contributed by atoms with Crippen molar-refractivity contribution >= 4 is 38.9 Å². The first kappa shape index (κ1) is 18.3. The Bertz CT molecular complexity index is 810. The lowest BCUT2D eigenvalue weighted by Crippen LogP contribution is -2.35. The lowest BCUT2D eigenvalue weighted by molar-refractivity contribution is -0.118. The van der Waals surface area contributed by atoms with Crippen molar-refractivity contribution in [2.24, 2.45) is 0 Å². The third kappa shape index (κ3) is 4.72. The summed E-state index contributed by atoms with van der Waals surface area (Å²) in [6.45, 7) is 0.0508. The first-order valence-corrected chi connectivity index (χ1v) is 9.56. The number of sulfonamides is 1. The van der Waals surface area contributed by atoms with Crippen molar-refractivity contribution in [3.63, 3.8) is 0 Å². The molecule has 128 valence electrons. The normalized spacial score (nSPS) is 11.1. The van der Waals surface area contributed by atoms with Gasteiger partial charge in [-0.25, -0.2) is 8.42 Å². The zero-order valence-corrected chi connectivity index (χ0v) is 15.1. The molecular weight excluding hydrogens is 348 g/mol. The Balaban J connectivity index is 2.13. The van der Waals surface area contributed by atoms with Gasteiger partial charge in [0.25, 0.3) is 0 Å². The van der Waals surface area contributed by atoms with Gasteiger partial charge in [-0.05, 0) is 30.3 Å². The van der Waals surface area contributed by atoms with E-state index < -0.39 is 10.0 Å². The van der Waals surface area contributed by atoms with E-state index in [2.05, 4.69) is 0 Å². The van der Waals surface area contributed by atoms with E-state index in [4.69, 9.17) is 11.6 Å². The van der Waals surface area contributed by atoms with E-state index in [1.54, 1.807) is 31.3 Å². The monoisotopic (exact) mass is 366 g/mol. The maximum Gasteiger partial charge on any atom is 0.232 e. The SMILES string of the molecule is CN(C(=O)CCN(c1cccc(Cl)c1)S(C)(=O)=O)c1ccccc1. The van der Waals surface area contributed by atoms with E-state index in [-0.39, 0.29) is 18.9 Å².